The number of hydrogen-bond acceptors (Lipinski definition) is 6. The molecule has 2 N–H and O–H groups in total. The average molecular weight is 450 g/mol. The molecule has 0 unspecified atom stereocenters. The molecule has 1 aliphatic carbocycles. The van der Waals surface area contributed by atoms with Gasteiger partial charge in [-0.05, 0) is 34.6 Å². The van der Waals surface area contributed by atoms with E-state index in [4.69, 9.17) is 9.47 Å². The third-order valence-electron chi connectivity index (χ3n) is 5.81. The summed E-state index contributed by atoms with van der Waals surface area (Å²) < 4.78 is 10.7. The molecule has 0 bridgehead atoms. The van der Waals surface area contributed by atoms with E-state index < -0.39 is 36.0 Å². The highest BCUT2D eigenvalue weighted by Gasteiger charge is 2.36. The number of benzene rings is 2. The van der Waals surface area contributed by atoms with E-state index in [9.17, 15) is 19.2 Å². The van der Waals surface area contributed by atoms with Crippen LogP contribution in [0.25, 0.3) is 11.1 Å². The minimum absolute atomic E-state index is 0.0653. The lowest BCUT2D eigenvalue weighted by atomic mass is 9.98. The molecular formula is C25H26N2O6. The van der Waals surface area contributed by atoms with Crippen LogP contribution < -0.4 is 10.6 Å². The highest BCUT2D eigenvalue weighted by Crippen LogP contribution is 2.44. The number of ether oxygens (including phenoxy) is 2. The maximum atomic E-state index is 12.6. The van der Waals surface area contributed by atoms with Gasteiger partial charge in [0.15, 0.2) is 6.10 Å². The van der Waals surface area contributed by atoms with Gasteiger partial charge < -0.3 is 14.8 Å². The van der Waals surface area contributed by atoms with Gasteiger partial charge in [-0.25, -0.2) is 9.59 Å². The van der Waals surface area contributed by atoms with Crippen molar-refractivity contribution in [2.24, 2.45) is 5.92 Å². The van der Waals surface area contributed by atoms with Crippen LogP contribution in [0.3, 0.4) is 0 Å². The van der Waals surface area contributed by atoms with Gasteiger partial charge in [-0.3, -0.25) is 14.9 Å². The second-order valence-electron chi connectivity index (χ2n) is 8.69. The first kappa shape index (κ1) is 22.5. The number of rotatable bonds is 7. The lowest BCUT2D eigenvalue weighted by Crippen LogP contribution is -2.45. The fourth-order valence-electron chi connectivity index (χ4n) is 4.32. The van der Waals surface area contributed by atoms with E-state index in [2.05, 4.69) is 10.6 Å². The van der Waals surface area contributed by atoms with Gasteiger partial charge in [-0.15, -0.1) is 0 Å². The fraction of sp³-hybridized carbons (Fsp3) is 0.360. The van der Waals surface area contributed by atoms with Crippen molar-refractivity contribution in [2.45, 2.75) is 44.8 Å². The Morgan fingerprint density at radius 3 is 2.18 bits per heavy atom. The Bertz CT molecular complexity index is 1050. The maximum Gasteiger partial charge on any atom is 0.407 e. The standard InChI is InChI=1S/C25H26N2O6/c1-14(2)11-20(24(30)33-21-12-22(28)27-23(21)29)26-25(31)32-13-19-17-9-5-3-7-15(17)16-8-4-6-10-18(16)19/h3-10,14,19-21H,11-13H2,1-2H3,(H,26,31)(H,27,28,29)/t20-,21+/m0/s1. The normalized spacial score (nSPS) is 17.8. The van der Waals surface area contributed by atoms with Crippen molar-refractivity contribution in [1.29, 1.82) is 0 Å². The molecule has 2 aromatic rings. The van der Waals surface area contributed by atoms with Crippen LogP contribution in [0, 0.1) is 5.92 Å². The number of imide groups is 1. The average Bonchev–Trinajstić information content (AvgIpc) is 3.27. The summed E-state index contributed by atoms with van der Waals surface area (Å²) in [6.07, 6.45) is -1.84. The minimum Gasteiger partial charge on any atom is -0.450 e. The lowest BCUT2D eigenvalue weighted by Gasteiger charge is -2.21. The molecule has 0 spiro atoms. The number of hydrogen-bond donors (Lipinski definition) is 2. The van der Waals surface area contributed by atoms with E-state index in [1.54, 1.807) is 0 Å². The van der Waals surface area contributed by atoms with Gasteiger partial charge >= 0.3 is 12.1 Å². The number of fused-ring (bicyclic) bond motifs is 3. The van der Waals surface area contributed by atoms with Crippen molar-refractivity contribution in [3.8, 4) is 11.1 Å². The molecule has 4 rings (SSSR count). The van der Waals surface area contributed by atoms with Gasteiger partial charge in [0, 0.05) is 5.92 Å². The van der Waals surface area contributed by atoms with Crippen LogP contribution >= 0.6 is 0 Å². The number of esters is 1. The predicted octanol–water partition coefficient (Wildman–Crippen LogP) is 2.90. The largest absolute Gasteiger partial charge is 0.450 e. The van der Waals surface area contributed by atoms with Crippen molar-refractivity contribution in [2.75, 3.05) is 6.61 Å². The first-order valence-corrected chi connectivity index (χ1v) is 11.0. The van der Waals surface area contributed by atoms with Crippen LogP contribution in [0.5, 0.6) is 0 Å². The van der Waals surface area contributed by atoms with Gasteiger partial charge in [0.1, 0.15) is 12.6 Å². The fourth-order valence-corrected chi connectivity index (χ4v) is 4.32. The van der Waals surface area contributed by atoms with Gasteiger partial charge in [-0.2, -0.15) is 0 Å². The Kier molecular flexibility index (Phi) is 6.44. The van der Waals surface area contributed by atoms with Crippen molar-refractivity contribution in [1.82, 2.24) is 10.6 Å². The van der Waals surface area contributed by atoms with Crippen molar-refractivity contribution in [3.05, 3.63) is 59.7 Å². The molecule has 1 heterocycles. The van der Waals surface area contributed by atoms with Crippen molar-refractivity contribution in [3.63, 3.8) is 0 Å². The van der Waals surface area contributed by atoms with E-state index in [1.165, 1.54) is 0 Å². The SMILES string of the molecule is CC(C)C[C@H](NC(=O)OCC1c2ccccc2-c2ccccc21)C(=O)O[C@@H]1CC(=O)NC1=O. The molecule has 33 heavy (non-hydrogen) atoms. The molecule has 1 fully saturated rings. The summed E-state index contributed by atoms with van der Waals surface area (Å²) in [7, 11) is 0. The van der Waals surface area contributed by atoms with E-state index in [1.807, 2.05) is 62.4 Å². The molecule has 2 aromatic carbocycles. The van der Waals surface area contributed by atoms with Gasteiger partial charge in [0.25, 0.3) is 5.91 Å². The molecule has 1 saturated heterocycles. The number of carbonyl (C=O) groups is 4. The number of amides is 3. The number of alkyl carbamates (subject to hydrolysis) is 1. The zero-order valence-electron chi connectivity index (χ0n) is 18.5. The van der Waals surface area contributed by atoms with Crippen LogP contribution in [-0.2, 0) is 23.9 Å². The van der Waals surface area contributed by atoms with Gasteiger partial charge in [0.05, 0.1) is 6.42 Å². The summed E-state index contributed by atoms with van der Waals surface area (Å²) in [5, 5.41) is 4.66. The van der Waals surface area contributed by atoms with E-state index in [-0.39, 0.29) is 24.9 Å². The Balaban J connectivity index is 1.40. The monoisotopic (exact) mass is 450 g/mol. The molecule has 3 amide bonds. The Labute approximate surface area is 191 Å². The predicted molar refractivity (Wildman–Crippen MR) is 119 cm³/mol. The molecule has 2 aliphatic rings. The molecule has 1 aliphatic heterocycles. The summed E-state index contributed by atoms with van der Waals surface area (Å²) in [5.74, 6) is -1.96. The third-order valence-corrected chi connectivity index (χ3v) is 5.81. The van der Waals surface area contributed by atoms with Crippen LogP contribution in [-0.4, -0.2) is 42.6 Å². The highest BCUT2D eigenvalue weighted by molar-refractivity contribution is 6.05. The molecular weight excluding hydrogens is 424 g/mol. The Morgan fingerprint density at radius 1 is 1.03 bits per heavy atom. The van der Waals surface area contributed by atoms with Crippen LogP contribution in [0.1, 0.15) is 43.7 Å². The molecule has 172 valence electrons. The zero-order chi connectivity index (χ0) is 23.5. The summed E-state index contributed by atoms with van der Waals surface area (Å²) >= 11 is 0. The molecule has 8 heteroatoms. The smallest absolute Gasteiger partial charge is 0.407 e. The molecule has 0 saturated carbocycles. The number of carbonyl (C=O) groups excluding carboxylic acids is 4. The summed E-state index contributed by atoms with van der Waals surface area (Å²) in [6, 6.07) is 15.0. The molecule has 8 nitrogen and oxygen atoms in total. The highest BCUT2D eigenvalue weighted by atomic mass is 16.6. The van der Waals surface area contributed by atoms with Crippen LogP contribution in [0.2, 0.25) is 0 Å². The third kappa shape index (κ3) is 4.89. The van der Waals surface area contributed by atoms with Gasteiger partial charge in [-0.1, -0.05) is 62.4 Å². The second-order valence-corrected chi connectivity index (χ2v) is 8.69. The first-order chi connectivity index (χ1) is 15.8. The van der Waals surface area contributed by atoms with Gasteiger partial charge in [0.2, 0.25) is 5.91 Å². The zero-order valence-corrected chi connectivity index (χ0v) is 18.5. The summed E-state index contributed by atoms with van der Waals surface area (Å²) in [6.45, 7) is 3.90. The summed E-state index contributed by atoms with van der Waals surface area (Å²) in [4.78, 5) is 48.3. The quantitative estimate of drug-likeness (QED) is 0.496. The van der Waals surface area contributed by atoms with Crippen LogP contribution in [0.15, 0.2) is 48.5 Å². The Morgan fingerprint density at radius 2 is 1.64 bits per heavy atom. The topological polar surface area (TPSA) is 111 Å². The van der Waals surface area contributed by atoms with Crippen LogP contribution in [0.4, 0.5) is 4.79 Å². The molecule has 2 atom stereocenters. The van der Waals surface area contributed by atoms with Crippen molar-refractivity contribution < 1.29 is 28.7 Å². The van der Waals surface area contributed by atoms with E-state index >= 15 is 0 Å². The number of nitrogens with one attached hydrogen (secondary N) is 2. The molecule has 0 radical (unpaired) electrons. The minimum atomic E-state index is -1.18. The summed E-state index contributed by atoms with van der Waals surface area (Å²) in [5.41, 5.74) is 4.41. The van der Waals surface area contributed by atoms with Crippen molar-refractivity contribution >= 4 is 23.9 Å². The molecule has 0 aromatic heterocycles. The first-order valence-electron chi connectivity index (χ1n) is 11.0. The van der Waals surface area contributed by atoms with E-state index in [0.29, 0.717) is 6.42 Å². The lowest BCUT2D eigenvalue weighted by molar-refractivity contribution is -0.156. The maximum absolute atomic E-state index is 12.6. The van der Waals surface area contributed by atoms with E-state index in [0.717, 1.165) is 22.3 Å². The second kappa shape index (κ2) is 9.44. The Hall–Kier alpha value is -3.68.